The molecule has 0 radical (unpaired) electrons. The van der Waals surface area contributed by atoms with Crippen LogP contribution in [0.15, 0.2) is 18.3 Å². The molecule has 0 N–H and O–H groups in total. The largest absolute Gasteiger partial charge is 0.472 e. The van der Waals surface area contributed by atoms with Crippen molar-refractivity contribution in [2.75, 3.05) is 13.1 Å². The molecule has 0 aromatic carbocycles. The second-order valence-electron chi connectivity index (χ2n) is 6.30. The molecule has 2 heterocycles. The monoisotopic (exact) mass is 302 g/mol. The number of ketones is 1. The average Bonchev–Trinajstić information content (AvgIpc) is 2.98. The number of carbonyl (C=O) groups is 2. The third kappa shape index (κ3) is 3.46. The first-order valence-corrected chi connectivity index (χ1v) is 8.01. The molecule has 5 nitrogen and oxygen atoms in total. The normalized spacial score (nSPS) is 22.9. The van der Waals surface area contributed by atoms with Gasteiger partial charge in [0.2, 0.25) is 11.8 Å². The summed E-state index contributed by atoms with van der Waals surface area (Å²) in [4.78, 5) is 29.9. The number of nitrogens with zero attached hydrogens (tertiary/aromatic N) is 2. The topological polar surface area (TPSA) is 59.5 Å². The first-order chi connectivity index (χ1) is 10.6. The van der Waals surface area contributed by atoms with Crippen LogP contribution in [0.4, 0.5) is 0 Å². The molecule has 0 bridgehead atoms. The standard InChI is InChI=1S/C17H22N2O3/c1-12-2-7-16(18-10-12)22-15-8-9-19(11-15)17(21)13-3-5-14(20)6-4-13/h2,7,10,13,15H,3-6,8-9,11H2,1H3. The van der Waals surface area contributed by atoms with Crippen molar-refractivity contribution in [3.05, 3.63) is 23.9 Å². The van der Waals surface area contributed by atoms with Gasteiger partial charge in [0.1, 0.15) is 11.9 Å². The van der Waals surface area contributed by atoms with Crippen LogP contribution in [0.25, 0.3) is 0 Å². The van der Waals surface area contributed by atoms with Gasteiger partial charge in [0.05, 0.1) is 6.54 Å². The van der Waals surface area contributed by atoms with Crippen molar-refractivity contribution in [2.24, 2.45) is 5.92 Å². The average molecular weight is 302 g/mol. The van der Waals surface area contributed by atoms with Gasteiger partial charge < -0.3 is 9.64 Å². The van der Waals surface area contributed by atoms with Crippen molar-refractivity contribution in [3.8, 4) is 5.88 Å². The Morgan fingerprint density at radius 1 is 1.27 bits per heavy atom. The highest BCUT2D eigenvalue weighted by Crippen LogP contribution is 2.26. The summed E-state index contributed by atoms with van der Waals surface area (Å²) >= 11 is 0. The summed E-state index contributed by atoms with van der Waals surface area (Å²) in [5, 5.41) is 0. The quantitative estimate of drug-likeness (QED) is 0.858. The fraction of sp³-hybridized carbons (Fsp3) is 0.588. The van der Waals surface area contributed by atoms with Gasteiger partial charge in [-0.15, -0.1) is 0 Å². The van der Waals surface area contributed by atoms with E-state index in [1.54, 1.807) is 6.20 Å². The van der Waals surface area contributed by atoms with E-state index in [0.717, 1.165) is 18.5 Å². The fourth-order valence-electron chi connectivity index (χ4n) is 3.16. The maximum absolute atomic E-state index is 12.5. The molecule has 2 aliphatic rings. The van der Waals surface area contributed by atoms with Crippen molar-refractivity contribution in [2.45, 2.75) is 45.1 Å². The van der Waals surface area contributed by atoms with Crippen molar-refractivity contribution >= 4 is 11.7 Å². The van der Waals surface area contributed by atoms with Crippen LogP contribution in [0.5, 0.6) is 5.88 Å². The van der Waals surface area contributed by atoms with Gasteiger partial charge in [-0.3, -0.25) is 9.59 Å². The van der Waals surface area contributed by atoms with Gasteiger partial charge in [-0.1, -0.05) is 6.07 Å². The smallest absolute Gasteiger partial charge is 0.225 e. The Morgan fingerprint density at radius 3 is 2.73 bits per heavy atom. The summed E-state index contributed by atoms with van der Waals surface area (Å²) in [5.41, 5.74) is 1.10. The van der Waals surface area contributed by atoms with Crippen molar-refractivity contribution in [1.82, 2.24) is 9.88 Å². The van der Waals surface area contributed by atoms with Gasteiger partial charge in [-0.25, -0.2) is 4.98 Å². The Morgan fingerprint density at radius 2 is 2.05 bits per heavy atom. The zero-order valence-corrected chi connectivity index (χ0v) is 13.0. The zero-order chi connectivity index (χ0) is 15.5. The number of carbonyl (C=O) groups excluding carboxylic acids is 2. The minimum absolute atomic E-state index is 0.0179. The molecule has 1 amide bonds. The van der Waals surface area contributed by atoms with Crippen molar-refractivity contribution in [1.29, 1.82) is 0 Å². The summed E-state index contributed by atoms with van der Waals surface area (Å²) in [6.07, 6.45) is 5.16. The molecule has 0 spiro atoms. The van der Waals surface area contributed by atoms with E-state index in [1.807, 2.05) is 24.0 Å². The number of Topliss-reactive ketones (excluding diaryl/α,β-unsaturated/α-hetero) is 1. The number of likely N-dealkylation sites (tertiary alicyclic amines) is 1. The highest BCUT2D eigenvalue weighted by Gasteiger charge is 2.33. The van der Waals surface area contributed by atoms with E-state index in [2.05, 4.69) is 4.98 Å². The Kier molecular flexibility index (Phi) is 4.41. The third-order valence-electron chi connectivity index (χ3n) is 4.52. The maximum Gasteiger partial charge on any atom is 0.225 e. The molecular weight excluding hydrogens is 280 g/mol. The summed E-state index contributed by atoms with van der Waals surface area (Å²) < 4.78 is 5.86. The number of aromatic nitrogens is 1. The van der Waals surface area contributed by atoms with E-state index in [0.29, 0.717) is 38.1 Å². The molecule has 1 aliphatic heterocycles. The Hall–Kier alpha value is -1.91. The van der Waals surface area contributed by atoms with Crippen LogP contribution < -0.4 is 4.74 Å². The predicted octanol–water partition coefficient (Wildman–Crippen LogP) is 2.13. The van der Waals surface area contributed by atoms with Gasteiger partial charge in [0.25, 0.3) is 0 Å². The number of pyridine rings is 1. The highest BCUT2D eigenvalue weighted by atomic mass is 16.5. The summed E-state index contributed by atoms with van der Waals surface area (Å²) in [6, 6.07) is 3.84. The summed E-state index contributed by atoms with van der Waals surface area (Å²) in [5.74, 6) is 1.12. The van der Waals surface area contributed by atoms with Crippen molar-refractivity contribution < 1.29 is 14.3 Å². The maximum atomic E-state index is 12.5. The van der Waals surface area contributed by atoms with Crippen molar-refractivity contribution in [3.63, 3.8) is 0 Å². The molecule has 1 aliphatic carbocycles. The van der Waals surface area contributed by atoms with Crippen LogP contribution in [0, 0.1) is 12.8 Å². The predicted molar refractivity (Wildman–Crippen MR) is 81.6 cm³/mol. The SMILES string of the molecule is Cc1ccc(OC2CCN(C(=O)C3CCC(=O)CC3)C2)nc1. The fourth-order valence-corrected chi connectivity index (χ4v) is 3.16. The van der Waals surface area contributed by atoms with E-state index < -0.39 is 0 Å². The van der Waals surface area contributed by atoms with Gasteiger partial charge >= 0.3 is 0 Å². The van der Waals surface area contributed by atoms with Crippen LogP contribution >= 0.6 is 0 Å². The third-order valence-corrected chi connectivity index (χ3v) is 4.52. The molecule has 22 heavy (non-hydrogen) atoms. The van der Waals surface area contributed by atoms with Gasteiger partial charge in [0, 0.05) is 44.0 Å². The van der Waals surface area contributed by atoms with Crippen LogP contribution in [0.1, 0.15) is 37.7 Å². The lowest BCUT2D eigenvalue weighted by Gasteiger charge is -2.25. The van der Waals surface area contributed by atoms with E-state index >= 15 is 0 Å². The first-order valence-electron chi connectivity index (χ1n) is 8.01. The molecule has 1 aromatic rings. The number of hydrogen-bond acceptors (Lipinski definition) is 4. The van der Waals surface area contributed by atoms with Crippen LogP contribution in [0.2, 0.25) is 0 Å². The molecule has 1 aromatic heterocycles. The molecule has 2 fully saturated rings. The van der Waals surface area contributed by atoms with Gasteiger partial charge in [-0.05, 0) is 25.3 Å². The second kappa shape index (κ2) is 6.46. The minimum Gasteiger partial charge on any atom is -0.472 e. The molecule has 1 saturated carbocycles. The minimum atomic E-state index is 0.0179. The zero-order valence-electron chi connectivity index (χ0n) is 13.0. The highest BCUT2D eigenvalue weighted by molar-refractivity contribution is 5.84. The number of ether oxygens (including phenoxy) is 1. The van der Waals surface area contributed by atoms with E-state index in [-0.39, 0.29) is 23.7 Å². The molecular formula is C17H22N2O3. The molecule has 3 rings (SSSR count). The molecule has 118 valence electrons. The lowest BCUT2D eigenvalue weighted by atomic mass is 9.87. The Balaban J connectivity index is 1.52. The first kappa shape index (κ1) is 15.0. The summed E-state index contributed by atoms with van der Waals surface area (Å²) in [6.45, 7) is 3.35. The Labute approximate surface area is 130 Å². The van der Waals surface area contributed by atoms with E-state index in [1.165, 1.54) is 0 Å². The van der Waals surface area contributed by atoms with Gasteiger partial charge in [0.15, 0.2) is 0 Å². The second-order valence-corrected chi connectivity index (χ2v) is 6.30. The van der Waals surface area contributed by atoms with Gasteiger partial charge in [-0.2, -0.15) is 0 Å². The van der Waals surface area contributed by atoms with Crippen LogP contribution in [-0.4, -0.2) is 40.8 Å². The Bertz CT molecular complexity index is 546. The van der Waals surface area contributed by atoms with Crippen LogP contribution in [0.3, 0.4) is 0 Å². The lowest BCUT2D eigenvalue weighted by molar-refractivity contribution is -0.136. The molecule has 5 heteroatoms. The van der Waals surface area contributed by atoms with E-state index in [4.69, 9.17) is 4.74 Å². The number of hydrogen-bond donors (Lipinski definition) is 0. The van der Waals surface area contributed by atoms with E-state index in [9.17, 15) is 9.59 Å². The molecule has 1 saturated heterocycles. The molecule has 1 unspecified atom stereocenters. The lowest BCUT2D eigenvalue weighted by Crippen LogP contribution is -2.37. The summed E-state index contributed by atoms with van der Waals surface area (Å²) in [7, 11) is 0. The molecule has 1 atom stereocenters. The van der Waals surface area contributed by atoms with Crippen LogP contribution in [-0.2, 0) is 9.59 Å². The number of amides is 1. The number of rotatable bonds is 3. The number of aryl methyl sites for hydroxylation is 1.